The Hall–Kier alpha value is -2.74. The third-order valence-electron chi connectivity index (χ3n) is 5.73. The zero-order valence-electron chi connectivity index (χ0n) is 18.3. The second kappa shape index (κ2) is 10.3. The summed E-state index contributed by atoms with van der Waals surface area (Å²) < 4.78 is 34.1. The molecule has 0 spiro atoms. The van der Waals surface area contributed by atoms with Gasteiger partial charge in [-0.15, -0.1) is 0 Å². The molecule has 7 heteroatoms. The number of hydrogen-bond donors (Lipinski definition) is 1. The molecule has 0 aliphatic carbocycles. The molecule has 168 valence electrons. The minimum absolute atomic E-state index is 0.273. The largest absolute Gasteiger partial charge is 0.455 e. The Kier molecular flexibility index (Phi) is 7.19. The van der Waals surface area contributed by atoms with Crippen LogP contribution in [0.4, 0.5) is 0 Å². The number of aryl methyl sites for hydroxylation is 1. The quantitative estimate of drug-likeness (QED) is 0.551. The van der Waals surface area contributed by atoms with Gasteiger partial charge in [0.1, 0.15) is 11.5 Å². The monoisotopic (exact) mass is 451 g/mol. The number of aromatic nitrogens is 1. The van der Waals surface area contributed by atoms with Crippen LogP contribution < -0.4 is 9.46 Å². The molecular formula is C25H29N3O3S. The maximum absolute atomic E-state index is 12.6. The van der Waals surface area contributed by atoms with E-state index in [1.54, 1.807) is 24.5 Å². The molecule has 1 saturated heterocycles. The first-order valence-corrected chi connectivity index (χ1v) is 12.4. The molecule has 0 saturated carbocycles. The molecule has 1 fully saturated rings. The second-order valence-corrected chi connectivity index (χ2v) is 10.1. The van der Waals surface area contributed by atoms with Crippen molar-refractivity contribution in [1.82, 2.24) is 14.6 Å². The fraction of sp³-hybridized carbons (Fsp3) is 0.320. The van der Waals surface area contributed by atoms with Gasteiger partial charge in [0.05, 0.1) is 11.1 Å². The molecule has 2 heterocycles. The third kappa shape index (κ3) is 5.94. The van der Waals surface area contributed by atoms with E-state index in [0.29, 0.717) is 17.2 Å². The first-order chi connectivity index (χ1) is 15.5. The summed E-state index contributed by atoms with van der Waals surface area (Å²) in [7, 11) is -3.49. The molecule has 1 aromatic heterocycles. The van der Waals surface area contributed by atoms with E-state index < -0.39 is 10.0 Å². The number of ether oxygens (including phenoxy) is 1. The van der Waals surface area contributed by atoms with Crippen molar-refractivity contribution in [2.75, 3.05) is 19.6 Å². The zero-order valence-corrected chi connectivity index (χ0v) is 19.1. The predicted octanol–water partition coefficient (Wildman–Crippen LogP) is 4.37. The van der Waals surface area contributed by atoms with Crippen molar-refractivity contribution >= 4 is 10.0 Å². The van der Waals surface area contributed by atoms with E-state index in [0.717, 1.165) is 49.4 Å². The van der Waals surface area contributed by atoms with Gasteiger partial charge in [-0.25, -0.2) is 13.1 Å². The fourth-order valence-corrected chi connectivity index (χ4v) is 5.12. The molecule has 1 unspecified atom stereocenters. The van der Waals surface area contributed by atoms with Gasteiger partial charge >= 0.3 is 0 Å². The molecular weight excluding hydrogens is 422 g/mol. The summed E-state index contributed by atoms with van der Waals surface area (Å²) in [5.74, 6) is 1.81. The molecule has 1 N–H and O–H groups in total. The van der Waals surface area contributed by atoms with E-state index in [-0.39, 0.29) is 5.92 Å². The lowest BCUT2D eigenvalue weighted by atomic mass is 9.98. The molecule has 2 aromatic carbocycles. The number of likely N-dealkylation sites (tertiary alicyclic amines) is 1. The lowest BCUT2D eigenvalue weighted by Gasteiger charge is -2.33. The highest BCUT2D eigenvalue weighted by Crippen LogP contribution is 2.27. The first-order valence-electron chi connectivity index (χ1n) is 10.9. The van der Waals surface area contributed by atoms with Crippen LogP contribution in [0.25, 0.3) is 0 Å². The van der Waals surface area contributed by atoms with E-state index in [2.05, 4.69) is 20.7 Å². The van der Waals surface area contributed by atoms with Gasteiger partial charge in [-0.2, -0.15) is 0 Å². The van der Waals surface area contributed by atoms with Gasteiger partial charge in [-0.05, 0) is 62.6 Å². The van der Waals surface area contributed by atoms with Gasteiger partial charge in [0.15, 0.2) is 0 Å². The minimum atomic E-state index is -3.49. The predicted molar refractivity (Wildman–Crippen MR) is 125 cm³/mol. The van der Waals surface area contributed by atoms with Crippen LogP contribution in [0.2, 0.25) is 0 Å². The number of piperidine rings is 1. The standard InChI is InChI=1S/C25H29N3O3S/c1-20-10-12-24(13-11-20)32(29,30)27-16-21-6-5-15-28(18-21)19-22-7-2-3-9-25(22)31-23-8-4-14-26-17-23/h2-4,7-14,17,21,27H,5-6,15-16,18-19H2,1H3. The van der Waals surface area contributed by atoms with Crippen LogP contribution in [0.1, 0.15) is 24.0 Å². The fourth-order valence-electron chi connectivity index (χ4n) is 4.00. The van der Waals surface area contributed by atoms with E-state index >= 15 is 0 Å². The normalized spacial score (nSPS) is 17.2. The topological polar surface area (TPSA) is 71.5 Å². The number of nitrogens with one attached hydrogen (secondary N) is 1. The number of pyridine rings is 1. The number of para-hydroxylation sites is 1. The van der Waals surface area contributed by atoms with Crippen molar-refractivity contribution < 1.29 is 13.2 Å². The Morgan fingerprint density at radius 1 is 1.09 bits per heavy atom. The molecule has 1 aliphatic rings. The highest BCUT2D eigenvalue weighted by Gasteiger charge is 2.23. The Balaban J connectivity index is 1.36. The molecule has 3 aromatic rings. The van der Waals surface area contributed by atoms with E-state index in [9.17, 15) is 8.42 Å². The number of hydrogen-bond acceptors (Lipinski definition) is 5. The summed E-state index contributed by atoms with van der Waals surface area (Å²) in [6, 6.07) is 18.7. The highest BCUT2D eigenvalue weighted by atomic mass is 32.2. The summed E-state index contributed by atoms with van der Waals surface area (Å²) in [5.41, 5.74) is 2.15. The number of benzene rings is 2. The van der Waals surface area contributed by atoms with Crippen LogP contribution in [-0.2, 0) is 16.6 Å². The summed E-state index contributed by atoms with van der Waals surface area (Å²) >= 11 is 0. The van der Waals surface area contributed by atoms with Gasteiger partial charge in [0.2, 0.25) is 10.0 Å². The Labute approximate surface area is 190 Å². The average molecular weight is 452 g/mol. The lowest BCUT2D eigenvalue weighted by molar-refractivity contribution is 0.167. The maximum atomic E-state index is 12.6. The number of nitrogens with zero attached hydrogens (tertiary/aromatic N) is 2. The SMILES string of the molecule is Cc1ccc(S(=O)(=O)NCC2CCCN(Cc3ccccc3Oc3cccnc3)C2)cc1. The van der Waals surface area contributed by atoms with Crippen molar-refractivity contribution in [3.63, 3.8) is 0 Å². The van der Waals surface area contributed by atoms with Crippen LogP contribution in [0.15, 0.2) is 78.0 Å². The number of rotatable bonds is 8. The van der Waals surface area contributed by atoms with Crippen LogP contribution >= 0.6 is 0 Å². The van der Waals surface area contributed by atoms with Crippen LogP contribution in [0, 0.1) is 12.8 Å². The smallest absolute Gasteiger partial charge is 0.240 e. The van der Waals surface area contributed by atoms with Gasteiger partial charge in [0.25, 0.3) is 0 Å². The average Bonchev–Trinajstić information content (AvgIpc) is 2.80. The van der Waals surface area contributed by atoms with Gasteiger partial charge in [-0.1, -0.05) is 35.9 Å². The summed E-state index contributed by atoms with van der Waals surface area (Å²) in [6.45, 7) is 4.98. The first kappa shape index (κ1) is 22.5. The van der Waals surface area contributed by atoms with Crippen molar-refractivity contribution in [2.45, 2.75) is 31.2 Å². The molecule has 4 rings (SSSR count). The maximum Gasteiger partial charge on any atom is 0.240 e. The summed E-state index contributed by atoms with van der Waals surface area (Å²) in [6.07, 6.45) is 5.48. The molecule has 1 aliphatic heterocycles. The molecule has 6 nitrogen and oxygen atoms in total. The van der Waals surface area contributed by atoms with E-state index in [1.807, 2.05) is 49.4 Å². The molecule has 0 radical (unpaired) electrons. The van der Waals surface area contributed by atoms with Crippen LogP contribution in [0.3, 0.4) is 0 Å². The van der Waals surface area contributed by atoms with Crippen LogP contribution in [0.5, 0.6) is 11.5 Å². The van der Waals surface area contributed by atoms with Gasteiger partial charge in [-0.3, -0.25) is 9.88 Å². The summed E-state index contributed by atoms with van der Waals surface area (Å²) in [5, 5.41) is 0. The summed E-state index contributed by atoms with van der Waals surface area (Å²) in [4.78, 5) is 6.80. The third-order valence-corrected chi connectivity index (χ3v) is 7.16. The van der Waals surface area contributed by atoms with Gasteiger partial charge in [0, 0.05) is 31.4 Å². The van der Waals surface area contributed by atoms with Crippen molar-refractivity contribution in [1.29, 1.82) is 0 Å². The Morgan fingerprint density at radius 2 is 1.91 bits per heavy atom. The Morgan fingerprint density at radius 3 is 2.69 bits per heavy atom. The Bertz CT molecular complexity index is 1120. The number of sulfonamides is 1. The molecule has 32 heavy (non-hydrogen) atoms. The van der Waals surface area contributed by atoms with E-state index in [1.165, 1.54) is 0 Å². The molecule has 0 amide bonds. The minimum Gasteiger partial charge on any atom is -0.455 e. The molecule has 0 bridgehead atoms. The molecule has 1 atom stereocenters. The van der Waals surface area contributed by atoms with Gasteiger partial charge < -0.3 is 4.74 Å². The van der Waals surface area contributed by atoms with Crippen molar-refractivity contribution in [3.8, 4) is 11.5 Å². The van der Waals surface area contributed by atoms with Crippen molar-refractivity contribution in [3.05, 3.63) is 84.2 Å². The lowest BCUT2D eigenvalue weighted by Crippen LogP contribution is -2.40. The van der Waals surface area contributed by atoms with Crippen LogP contribution in [-0.4, -0.2) is 37.9 Å². The highest BCUT2D eigenvalue weighted by molar-refractivity contribution is 7.89. The van der Waals surface area contributed by atoms with Crippen molar-refractivity contribution in [2.24, 2.45) is 5.92 Å². The zero-order chi connectivity index (χ0) is 22.4. The van der Waals surface area contributed by atoms with E-state index in [4.69, 9.17) is 4.74 Å². The second-order valence-electron chi connectivity index (χ2n) is 8.31.